The molecule has 1 saturated heterocycles. The SMILES string of the molecule is Cc1ccc(Oc2ccc(N3C[C@H](C(=O)OCC(=O)Nc4cc(C)ccc4C)CC3=O)cc2)cc1. The van der Waals surface area contributed by atoms with Gasteiger partial charge in [0, 0.05) is 24.3 Å². The highest BCUT2D eigenvalue weighted by Gasteiger charge is 2.36. The molecule has 0 bridgehead atoms. The van der Waals surface area contributed by atoms with Gasteiger partial charge in [-0.1, -0.05) is 29.8 Å². The number of aryl methyl sites for hydroxylation is 3. The first-order valence-corrected chi connectivity index (χ1v) is 11.5. The van der Waals surface area contributed by atoms with Crippen molar-refractivity contribution in [2.45, 2.75) is 27.2 Å². The van der Waals surface area contributed by atoms with E-state index in [1.54, 1.807) is 29.2 Å². The summed E-state index contributed by atoms with van der Waals surface area (Å²) in [6, 6.07) is 20.6. The number of rotatable bonds is 7. The van der Waals surface area contributed by atoms with Gasteiger partial charge in [-0.3, -0.25) is 14.4 Å². The molecular weight excluding hydrogens is 444 g/mol. The highest BCUT2D eigenvalue weighted by molar-refractivity contribution is 6.00. The molecule has 3 aromatic rings. The second-order valence-electron chi connectivity index (χ2n) is 8.79. The number of amides is 2. The molecule has 3 aromatic carbocycles. The Hall–Kier alpha value is -4.13. The minimum atomic E-state index is -0.625. The lowest BCUT2D eigenvalue weighted by atomic mass is 10.1. The summed E-state index contributed by atoms with van der Waals surface area (Å²) in [4.78, 5) is 38.9. The smallest absolute Gasteiger partial charge is 0.311 e. The Morgan fingerprint density at radius 2 is 1.54 bits per heavy atom. The summed E-state index contributed by atoms with van der Waals surface area (Å²) in [7, 11) is 0. The Kier molecular flexibility index (Phi) is 7.15. The maximum atomic E-state index is 12.6. The van der Waals surface area contributed by atoms with Crippen molar-refractivity contribution in [3.8, 4) is 11.5 Å². The van der Waals surface area contributed by atoms with E-state index >= 15 is 0 Å². The standard InChI is InChI=1S/C28H28N2O5/c1-18-5-10-23(11-6-18)35-24-12-8-22(9-13-24)30-16-21(15-27(30)32)28(33)34-17-26(31)29-25-14-19(2)4-7-20(25)3/h4-14,21H,15-17H2,1-3H3,(H,29,31)/t21-/m1/s1. The normalized spacial score (nSPS) is 15.1. The van der Waals surface area contributed by atoms with Gasteiger partial charge in [0.05, 0.1) is 5.92 Å². The van der Waals surface area contributed by atoms with Crippen LogP contribution in [0.2, 0.25) is 0 Å². The van der Waals surface area contributed by atoms with Crippen LogP contribution in [-0.2, 0) is 19.1 Å². The van der Waals surface area contributed by atoms with Crippen LogP contribution in [0.15, 0.2) is 66.7 Å². The van der Waals surface area contributed by atoms with E-state index in [0.29, 0.717) is 17.1 Å². The van der Waals surface area contributed by atoms with Crippen LogP contribution in [0.3, 0.4) is 0 Å². The Bertz CT molecular complexity index is 1240. The second-order valence-corrected chi connectivity index (χ2v) is 8.79. The molecule has 7 nitrogen and oxygen atoms in total. The fourth-order valence-corrected chi connectivity index (χ4v) is 3.86. The number of ether oxygens (including phenoxy) is 2. The molecular formula is C28H28N2O5. The van der Waals surface area contributed by atoms with Crippen molar-refractivity contribution in [3.05, 3.63) is 83.4 Å². The van der Waals surface area contributed by atoms with Crippen LogP contribution in [0.5, 0.6) is 11.5 Å². The molecule has 2 amide bonds. The predicted molar refractivity (Wildman–Crippen MR) is 134 cm³/mol. The van der Waals surface area contributed by atoms with Crippen LogP contribution in [0.1, 0.15) is 23.1 Å². The van der Waals surface area contributed by atoms with Crippen LogP contribution < -0.4 is 15.0 Å². The lowest BCUT2D eigenvalue weighted by Gasteiger charge is -2.17. The molecule has 0 aromatic heterocycles. The molecule has 180 valence electrons. The number of nitrogens with zero attached hydrogens (tertiary/aromatic N) is 1. The van der Waals surface area contributed by atoms with E-state index in [1.807, 2.05) is 63.2 Å². The van der Waals surface area contributed by atoms with Gasteiger partial charge < -0.3 is 19.7 Å². The van der Waals surface area contributed by atoms with Gasteiger partial charge in [-0.25, -0.2) is 0 Å². The summed E-state index contributed by atoms with van der Waals surface area (Å²) in [6.07, 6.45) is 0.0407. The molecule has 0 radical (unpaired) electrons. The van der Waals surface area contributed by atoms with Gasteiger partial charge in [0.15, 0.2) is 6.61 Å². The number of carbonyl (C=O) groups is 3. The summed E-state index contributed by atoms with van der Waals surface area (Å²) in [5.74, 6) is -0.396. The number of esters is 1. The topological polar surface area (TPSA) is 84.9 Å². The Morgan fingerprint density at radius 3 is 2.23 bits per heavy atom. The Balaban J connectivity index is 1.30. The number of anilines is 2. The average Bonchev–Trinajstić information content (AvgIpc) is 3.23. The van der Waals surface area contributed by atoms with Crippen molar-refractivity contribution in [3.63, 3.8) is 0 Å². The third-order valence-electron chi connectivity index (χ3n) is 5.88. The van der Waals surface area contributed by atoms with Crippen molar-refractivity contribution in [2.75, 3.05) is 23.4 Å². The van der Waals surface area contributed by atoms with Crippen molar-refractivity contribution >= 4 is 29.2 Å². The van der Waals surface area contributed by atoms with Gasteiger partial charge in [-0.2, -0.15) is 0 Å². The molecule has 0 saturated carbocycles. The molecule has 0 unspecified atom stereocenters. The molecule has 1 fully saturated rings. The van der Waals surface area contributed by atoms with Crippen LogP contribution in [0, 0.1) is 26.7 Å². The van der Waals surface area contributed by atoms with Gasteiger partial charge in [0.2, 0.25) is 5.91 Å². The Labute approximate surface area is 204 Å². The van der Waals surface area contributed by atoms with E-state index in [4.69, 9.17) is 9.47 Å². The van der Waals surface area contributed by atoms with Crippen molar-refractivity contribution in [1.29, 1.82) is 0 Å². The molecule has 1 N–H and O–H groups in total. The second kappa shape index (κ2) is 10.4. The minimum absolute atomic E-state index is 0.0407. The molecule has 1 aliphatic rings. The largest absolute Gasteiger partial charge is 0.457 e. The van der Waals surface area contributed by atoms with Gasteiger partial charge >= 0.3 is 5.97 Å². The van der Waals surface area contributed by atoms with Crippen molar-refractivity contribution in [2.24, 2.45) is 5.92 Å². The molecule has 0 spiro atoms. The zero-order chi connectivity index (χ0) is 24.9. The first-order chi connectivity index (χ1) is 16.8. The molecule has 1 heterocycles. The molecule has 1 aliphatic heterocycles. The average molecular weight is 473 g/mol. The summed E-state index contributed by atoms with van der Waals surface area (Å²) in [5.41, 5.74) is 4.44. The van der Waals surface area contributed by atoms with Crippen molar-refractivity contribution < 1.29 is 23.9 Å². The monoisotopic (exact) mass is 472 g/mol. The number of hydrogen-bond donors (Lipinski definition) is 1. The van der Waals surface area contributed by atoms with E-state index in [9.17, 15) is 14.4 Å². The van der Waals surface area contributed by atoms with Crippen LogP contribution in [0.25, 0.3) is 0 Å². The summed E-state index contributed by atoms with van der Waals surface area (Å²) < 4.78 is 11.0. The minimum Gasteiger partial charge on any atom is -0.457 e. The summed E-state index contributed by atoms with van der Waals surface area (Å²) in [6.45, 7) is 5.63. The van der Waals surface area contributed by atoms with Gasteiger partial charge in [0.1, 0.15) is 11.5 Å². The fourth-order valence-electron chi connectivity index (χ4n) is 3.86. The summed E-state index contributed by atoms with van der Waals surface area (Å²) >= 11 is 0. The molecule has 35 heavy (non-hydrogen) atoms. The first-order valence-electron chi connectivity index (χ1n) is 11.5. The number of benzene rings is 3. The molecule has 4 rings (SSSR count). The van der Waals surface area contributed by atoms with E-state index in [0.717, 1.165) is 22.4 Å². The molecule has 1 atom stereocenters. The van der Waals surface area contributed by atoms with E-state index in [-0.39, 0.29) is 18.9 Å². The van der Waals surface area contributed by atoms with Gasteiger partial charge in [0.25, 0.3) is 5.91 Å². The zero-order valence-electron chi connectivity index (χ0n) is 20.0. The van der Waals surface area contributed by atoms with E-state index < -0.39 is 24.4 Å². The van der Waals surface area contributed by atoms with Crippen molar-refractivity contribution in [1.82, 2.24) is 0 Å². The van der Waals surface area contributed by atoms with Crippen LogP contribution in [-0.4, -0.2) is 30.9 Å². The fraction of sp³-hybridized carbons (Fsp3) is 0.250. The quantitative estimate of drug-likeness (QED) is 0.493. The highest BCUT2D eigenvalue weighted by atomic mass is 16.5. The van der Waals surface area contributed by atoms with Crippen LogP contribution >= 0.6 is 0 Å². The first kappa shape index (κ1) is 24.0. The van der Waals surface area contributed by atoms with Crippen LogP contribution in [0.4, 0.5) is 11.4 Å². The lowest BCUT2D eigenvalue weighted by Crippen LogP contribution is -2.28. The number of nitrogens with one attached hydrogen (secondary N) is 1. The third-order valence-corrected chi connectivity index (χ3v) is 5.88. The van der Waals surface area contributed by atoms with Gasteiger partial charge in [-0.15, -0.1) is 0 Å². The zero-order valence-corrected chi connectivity index (χ0v) is 20.0. The molecule has 0 aliphatic carbocycles. The Morgan fingerprint density at radius 1 is 0.914 bits per heavy atom. The van der Waals surface area contributed by atoms with E-state index in [1.165, 1.54) is 0 Å². The lowest BCUT2D eigenvalue weighted by molar-refractivity contribution is -0.151. The van der Waals surface area contributed by atoms with E-state index in [2.05, 4.69) is 5.32 Å². The highest BCUT2D eigenvalue weighted by Crippen LogP contribution is 2.29. The third kappa shape index (κ3) is 6.06. The molecule has 7 heteroatoms. The maximum absolute atomic E-state index is 12.6. The predicted octanol–water partition coefficient (Wildman–Crippen LogP) is 4.94. The maximum Gasteiger partial charge on any atom is 0.311 e. The van der Waals surface area contributed by atoms with Gasteiger partial charge in [-0.05, 0) is 74.4 Å². The summed E-state index contributed by atoms with van der Waals surface area (Å²) in [5, 5.41) is 2.76. The number of hydrogen-bond acceptors (Lipinski definition) is 5. The number of carbonyl (C=O) groups excluding carboxylic acids is 3.